The van der Waals surface area contributed by atoms with E-state index in [1.165, 1.54) is 6.33 Å². The van der Waals surface area contributed by atoms with Gasteiger partial charge in [0.15, 0.2) is 0 Å². The Morgan fingerprint density at radius 2 is 2.40 bits per heavy atom. The van der Waals surface area contributed by atoms with E-state index in [-0.39, 0.29) is 0 Å². The summed E-state index contributed by atoms with van der Waals surface area (Å²) in [4.78, 5) is 3.87. The van der Waals surface area contributed by atoms with Crippen molar-refractivity contribution in [3.63, 3.8) is 0 Å². The minimum Gasteiger partial charge on any atom is -0.241 e. The molecule has 3 nitrogen and oxygen atoms in total. The number of nitrogens with zero attached hydrogens (tertiary/aromatic N) is 3. The largest absolute Gasteiger partial charge is 0.241 e. The Kier molecular flexibility index (Phi) is 0.974. The van der Waals surface area contributed by atoms with Crippen molar-refractivity contribution in [2.75, 3.05) is 0 Å². The van der Waals surface area contributed by atoms with Crippen LogP contribution in [0.15, 0.2) is 24.8 Å². The maximum Gasteiger partial charge on any atom is 0.136 e. The van der Waals surface area contributed by atoms with Crippen LogP contribution in [0.5, 0.6) is 0 Å². The topological polar surface area (TPSA) is 30.2 Å². The first-order valence-corrected chi connectivity index (χ1v) is 2.96. The van der Waals surface area contributed by atoms with E-state index in [0.717, 1.165) is 11.1 Å². The van der Waals surface area contributed by atoms with E-state index in [2.05, 4.69) is 17.0 Å². The van der Waals surface area contributed by atoms with Gasteiger partial charge in [-0.2, -0.15) is 5.10 Å². The van der Waals surface area contributed by atoms with Crippen molar-refractivity contribution in [2.24, 2.45) is 0 Å². The lowest BCUT2D eigenvalue weighted by Crippen LogP contribution is -1.87. The van der Waals surface area contributed by atoms with Crippen molar-refractivity contribution < 1.29 is 0 Å². The second kappa shape index (κ2) is 1.80. The van der Waals surface area contributed by atoms with Crippen molar-refractivity contribution in [3.8, 4) is 0 Å². The molecule has 0 saturated carbocycles. The Hall–Kier alpha value is -1.38. The van der Waals surface area contributed by atoms with Gasteiger partial charge in [-0.15, -0.1) is 0 Å². The van der Waals surface area contributed by atoms with Gasteiger partial charge >= 0.3 is 0 Å². The average molecular weight is 132 g/mol. The fourth-order valence-corrected chi connectivity index (χ4v) is 0.917. The minimum atomic E-state index is 0.959. The molecule has 0 bridgehead atoms. The molecule has 0 atom stereocenters. The Morgan fingerprint density at radius 1 is 1.50 bits per heavy atom. The standard InChI is InChI=1S/C7H6N3/c1-6-2-7-3-8-5-9-10(7)4-6/h2-5H,1H2. The summed E-state index contributed by atoms with van der Waals surface area (Å²) in [6.07, 6.45) is 5.12. The summed E-state index contributed by atoms with van der Waals surface area (Å²) < 4.78 is 1.75. The van der Waals surface area contributed by atoms with Gasteiger partial charge in [-0.3, -0.25) is 0 Å². The van der Waals surface area contributed by atoms with Gasteiger partial charge in [0.1, 0.15) is 6.33 Å². The van der Waals surface area contributed by atoms with E-state index >= 15 is 0 Å². The molecular formula is C7H6N3. The Labute approximate surface area is 58.3 Å². The maximum atomic E-state index is 3.97. The third kappa shape index (κ3) is 0.673. The lowest BCUT2D eigenvalue weighted by molar-refractivity contribution is 0.902. The SMILES string of the molecule is [CH2]c1cc2cncnn2c1. The van der Waals surface area contributed by atoms with Gasteiger partial charge in [-0.25, -0.2) is 9.50 Å². The van der Waals surface area contributed by atoms with Crippen LogP contribution in [-0.2, 0) is 0 Å². The molecule has 0 saturated heterocycles. The van der Waals surface area contributed by atoms with Gasteiger partial charge in [0.25, 0.3) is 0 Å². The van der Waals surface area contributed by atoms with Gasteiger partial charge < -0.3 is 0 Å². The van der Waals surface area contributed by atoms with Crippen molar-refractivity contribution >= 4 is 5.52 Å². The predicted octanol–water partition coefficient (Wildman–Crippen LogP) is 0.911. The van der Waals surface area contributed by atoms with Crippen molar-refractivity contribution in [2.45, 2.75) is 0 Å². The summed E-state index contributed by atoms with van der Waals surface area (Å²) in [7, 11) is 0. The van der Waals surface area contributed by atoms with E-state index in [1.54, 1.807) is 10.7 Å². The molecule has 0 aliphatic heterocycles. The van der Waals surface area contributed by atoms with Crippen LogP contribution in [0.3, 0.4) is 0 Å². The molecule has 0 aromatic carbocycles. The average Bonchev–Trinajstić information content (AvgIpc) is 2.27. The predicted molar refractivity (Wildman–Crippen MR) is 37.4 cm³/mol. The highest BCUT2D eigenvalue weighted by molar-refractivity contribution is 5.47. The van der Waals surface area contributed by atoms with Crippen LogP contribution >= 0.6 is 0 Å². The summed E-state index contributed by atoms with van der Waals surface area (Å²) in [5.41, 5.74) is 1.94. The van der Waals surface area contributed by atoms with Crippen molar-refractivity contribution in [1.82, 2.24) is 14.6 Å². The summed E-state index contributed by atoms with van der Waals surface area (Å²) in [5, 5.41) is 3.97. The number of fused-ring (bicyclic) bond motifs is 1. The van der Waals surface area contributed by atoms with Crippen LogP contribution < -0.4 is 0 Å². The molecular weight excluding hydrogens is 126 g/mol. The molecule has 2 aromatic rings. The van der Waals surface area contributed by atoms with E-state index in [0.29, 0.717) is 0 Å². The van der Waals surface area contributed by atoms with Gasteiger partial charge in [0.05, 0.1) is 11.7 Å². The summed E-state index contributed by atoms with van der Waals surface area (Å²) in [5.74, 6) is 0. The highest BCUT2D eigenvalue weighted by Crippen LogP contribution is 2.03. The zero-order chi connectivity index (χ0) is 6.97. The van der Waals surface area contributed by atoms with Crippen molar-refractivity contribution in [3.05, 3.63) is 37.3 Å². The smallest absolute Gasteiger partial charge is 0.136 e. The Balaban J connectivity index is 2.88. The van der Waals surface area contributed by atoms with Gasteiger partial charge in [0, 0.05) is 6.20 Å². The normalized spacial score (nSPS) is 10.5. The molecule has 0 spiro atoms. The molecule has 0 aliphatic rings. The van der Waals surface area contributed by atoms with E-state index in [4.69, 9.17) is 0 Å². The fraction of sp³-hybridized carbons (Fsp3) is 0. The number of rotatable bonds is 0. The summed E-state index contributed by atoms with van der Waals surface area (Å²) >= 11 is 0. The highest BCUT2D eigenvalue weighted by Gasteiger charge is 1.92. The Morgan fingerprint density at radius 3 is 3.20 bits per heavy atom. The highest BCUT2D eigenvalue weighted by atomic mass is 15.2. The van der Waals surface area contributed by atoms with Gasteiger partial charge in [-0.05, 0) is 18.6 Å². The lowest BCUT2D eigenvalue weighted by atomic mass is 10.4. The first-order chi connectivity index (χ1) is 4.86. The molecule has 0 aliphatic carbocycles. The number of hydrogen-bond acceptors (Lipinski definition) is 2. The monoisotopic (exact) mass is 132 g/mol. The zero-order valence-electron chi connectivity index (χ0n) is 5.36. The van der Waals surface area contributed by atoms with Crippen LogP contribution in [0.4, 0.5) is 0 Å². The molecule has 0 unspecified atom stereocenters. The zero-order valence-corrected chi connectivity index (χ0v) is 5.36. The van der Waals surface area contributed by atoms with Crippen LogP contribution in [0.1, 0.15) is 5.56 Å². The van der Waals surface area contributed by atoms with E-state index in [9.17, 15) is 0 Å². The third-order valence-corrected chi connectivity index (χ3v) is 1.34. The fourth-order valence-electron chi connectivity index (χ4n) is 0.917. The van der Waals surface area contributed by atoms with Crippen LogP contribution in [-0.4, -0.2) is 14.6 Å². The minimum absolute atomic E-state index is 0.959. The second-order valence-corrected chi connectivity index (χ2v) is 2.13. The molecule has 2 heterocycles. The lowest BCUT2D eigenvalue weighted by Gasteiger charge is -1.86. The van der Waals surface area contributed by atoms with Crippen molar-refractivity contribution in [1.29, 1.82) is 0 Å². The molecule has 49 valence electrons. The molecule has 0 amide bonds. The first-order valence-electron chi connectivity index (χ1n) is 2.96. The maximum absolute atomic E-state index is 3.97. The third-order valence-electron chi connectivity index (χ3n) is 1.34. The number of aromatic nitrogens is 3. The molecule has 10 heavy (non-hydrogen) atoms. The first kappa shape index (κ1) is 5.41. The van der Waals surface area contributed by atoms with E-state index in [1.807, 2.05) is 12.3 Å². The summed E-state index contributed by atoms with van der Waals surface area (Å²) in [6.45, 7) is 3.77. The Bertz CT molecular complexity index is 317. The molecule has 2 aromatic heterocycles. The second-order valence-electron chi connectivity index (χ2n) is 2.13. The van der Waals surface area contributed by atoms with E-state index < -0.39 is 0 Å². The van der Waals surface area contributed by atoms with Crippen LogP contribution in [0.2, 0.25) is 0 Å². The summed E-state index contributed by atoms with van der Waals surface area (Å²) in [6, 6.07) is 1.93. The quantitative estimate of drug-likeness (QED) is 0.533. The van der Waals surface area contributed by atoms with Gasteiger partial charge in [-0.1, -0.05) is 0 Å². The molecule has 0 N–H and O–H groups in total. The van der Waals surface area contributed by atoms with Crippen LogP contribution in [0.25, 0.3) is 5.52 Å². The molecule has 2 rings (SSSR count). The van der Waals surface area contributed by atoms with Gasteiger partial charge in [0.2, 0.25) is 0 Å². The molecule has 1 radical (unpaired) electrons. The molecule has 0 fully saturated rings. The molecule has 3 heteroatoms. The number of hydrogen-bond donors (Lipinski definition) is 0. The van der Waals surface area contributed by atoms with Crippen LogP contribution in [0, 0.1) is 6.92 Å².